The highest BCUT2D eigenvalue weighted by Gasteiger charge is 2.14. The molecule has 0 aromatic carbocycles. The van der Waals surface area contributed by atoms with E-state index in [1.54, 1.807) is 0 Å². The van der Waals surface area contributed by atoms with Gasteiger partial charge in [-0.25, -0.2) is 0 Å². The van der Waals surface area contributed by atoms with Crippen molar-refractivity contribution < 1.29 is 4.79 Å². The quantitative estimate of drug-likeness (QED) is 0.463. The number of carbonyl (C=O) groups excluding carboxylic acids is 1. The molecule has 17 heavy (non-hydrogen) atoms. The largest absolute Gasteiger partial charge is 0.377 e. The predicted octanol–water partition coefficient (Wildman–Crippen LogP) is 2.36. The normalized spacial score (nSPS) is 17.5. The number of aldehydes is 1. The van der Waals surface area contributed by atoms with Gasteiger partial charge in [-0.3, -0.25) is 4.79 Å². The zero-order valence-electron chi connectivity index (χ0n) is 11.6. The second kappa shape index (κ2) is 10.1. The monoisotopic (exact) mass is 238 g/mol. The first-order valence-corrected chi connectivity index (χ1v) is 6.47. The number of hydrogen-bond acceptors (Lipinski definition) is 3. The lowest BCUT2D eigenvalue weighted by atomic mass is 10.1. The Kier molecular flexibility index (Phi) is 9.44. The van der Waals surface area contributed by atoms with Gasteiger partial charge in [0.05, 0.1) is 0 Å². The minimum absolute atomic E-state index is 0.632. The maximum absolute atomic E-state index is 10.4. The van der Waals surface area contributed by atoms with Crippen molar-refractivity contribution in [2.45, 2.75) is 39.7 Å². The van der Waals surface area contributed by atoms with Crippen LogP contribution in [0.3, 0.4) is 0 Å². The van der Waals surface area contributed by atoms with Gasteiger partial charge in [0.25, 0.3) is 0 Å². The molecule has 3 heteroatoms. The summed E-state index contributed by atoms with van der Waals surface area (Å²) in [6, 6.07) is 0.632. The van der Waals surface area contributed by atoms with E-state index in [0.29, 0.717) is 6.04 Å². The zero-order valence-corrected chi connectivity index (χ0v) is 11.6. The number of carbonyl (C=O) groups is 1. The molecule has 1 saturated heterocycles. The molecule has 0 spiro atoms. The summed E-state index contributed by atoms with van der Waals surface area (Å²) >= 11 is 0. The SMILES string of the molecule is C/C(C=O)=C/C=C\N(C)C1CCNCC1.CC. The molecule has 0 radical (unpaired) electrons. The second-order valence-electron chi connectivity index (χ2n) is 4.02. The van der Waals surface area contributed by atoms with E-state index >= 15 is 0 Å². The summed E-state index contributed by atoms with van der Waals surface area (Å²) in [5.41, 5.74) is 0.755. The van der Waals surface area contributed by atoms with Gasteiger partial charge < -0.3 is 10.2 Å². The Morgan fingerprint density at radius 2 is 1.88 bits per heavy atom. The van der Waals surface area contributed by atoms with Gasteiger partial charge in [-0.15, -0.1) is 0 Å². The number of piperidine rings is 1. The highest BCUT2D eigenvalue weighted by molar-refractivity contribution is 5.72. The second-order valence-corrected chi connectivity index (χ2v) is 4.02. The first kappa shape index (κ1) is 15.9. The van der Waals surface area contributed by atoms with Gasteiger partial charge >= 0.3 is 0 Å². The van der Waals surface area contributed by atoms with Crippen LogP contribution < -0.4 is 5.32 Å². The van der Waals surface area contributed by atoms with E-state index in [2.05, 4.69) is 17.3 Å². The van der Waals surface area contributed by atoms with Crippen molar-refractivity contribution in [1.29, 1.82) is 0 Å². The molecule has 0 unspecified atom stereocenters. The molecule has 3 nitrogen and oxygen atoms in total. The summed E-state index contributed by atoms with van der Waals surface area (Å²) < 4.78 is 0. The number of rotatable bonds is 4. The van der Waals surface area contributed by atoms with Gasteiger partial charge in [-0.2, -0.15) is 0 Å². The number of nitrogens with zero attached hydrogens (tertiary/aromatic N) is 1. The van der Waals surface area contributed by atoms with Crippen LogP contribution in [-0.4, -0.2) is 37.4 Å². The Bertz CT molecular complexity index is 253. The fourth-order valence-electron chi connectivity index (χ4n) is 1.71. The lowest BCUT2D eigenvalue weighted by Gasteiger charge is -2.30. The van der Waals surface area contributed by atoms with Crippen molar-refractivity contribution in [2.24, 2.45) is 0 Å². The van der Waals surface area contributed by atoms with Crippen LogP contribution in [0.5, 0.6) is 0 Å². The first-order chi connectivity index (χ1) is 8.24. The molecule has 1 N–H and O–H groups in total. The van der Waals surface area contributed by atoms with Gasteiger partial charge in [0, 0.05) is 13.1 Å². The van der Waals surface area contributed by atoms with Gasteiger partial charge in [0.15, 0.2) is 0 Å². The smallest absolute Gasteiger partial charge is 0.145 e. The Morgan fingerprint density at radius 1 is 1.29 bits per heavy atom. The molecule has 0 aromatic rings. The summed E-state index contributed by atoms with van der Waals surface area (Å²) in [4.78, 5) is 12.6. The molecule has 0 saturated carbocycles. The van der Waals surface area contributed by atoms with E-state index in [1.165, 1.54) is 12.8 Å². The van der Waals surface area contributed by atoms with E-state index in [9.17, 15) is 4.79 Å². The molecule has 0 bridgehead atoms. The zero-order chi connectivity index (χ0) is 13.1. The number of hydrogen-bond donors (Lipinski definition) is 1. The lowest BCUT2D eigenvalue weighted by Crippen LogP contribution is -2.38. The average Bonchev–Trinajstić information content (AvgIpc) is 2.41. The van der Waals surface area contributed by atoms with E-state index < -0.39 is 0 Å². The summed E-state index contributed by atoms with van der Waals surface area (Å²) in [6.45, 7) is 8.01. The van der Waals surface area contributed by atoms with Crippen molar-refractivity contribution in [3.8, 4) is 0 Å². The van der Waals surface area contributed by atoms with Gasteiger partial charge in [0.1, 0.15) is 6.29 Å². The van der Waals surface area contributed by atoms with Crippen molar-refractivity contribution >= 4 is 6.29 Å². The van der Waals surface area contributed by atoms with Gasteiger partial charge in [-0.1, -0.05) is 19.9 Å². The molecule has 1 aliphatic rings. The van der Waals surface area contributed by atoms with Crippen molar-refractivity contribution in [3.63, 3.8) is 0 Å². The molecule has 1 rings (SSSR count). The molecular weight excluding hydrogens is 212 g/mol. The average molecular weight is 238 g/mol. The Balaban J connectivity index is 0.00000121. The highest BCUT2D eigenvalue weighted by atomic mass is 16.1. The molecule has 1 heterocycles. The van der Waals surface area contributed by atoms with Crippen molar-refractivity contribution in [2.75, 3.05) is 20.1 Å². The minimum Gasteiger partial charge on any atom is -0.377 e. The summed E-state index contributed by atoms with van der Waals surface area (Å²) in [5.74, 6) is 0. The molecular formula is C14H26N2O. The fourth-order valence-corrected chi connectivity index (χ4v) is 1.71. The van der Waals surface area contributed by atoms with Crippen LogP contribution in [0.25, 0.3) is 0 Å². The summed E-state index contributed by atoms with van der Waals surface area (Å²) in [7, 11) is 2.09. The molecule has 0 atom stereocenters. The summed E-state index contributed by atoms with van der Waals surface area (Å²) in [5, 5.41) is 3.34. The Labute approximate surface area is 106 Å². The molecule has 0 aromatic heterocycles. The van der Waals surface area contributed by atoms with Crippen LogP contribution in [0, 0.1) is 0 Å². The number of nitrogens with one attached hydrogen (secondary N) is 1. The predicted molar refractivity (Wildman–Crippen MR) is 74.0 cm³/mol. The molecule has 1 aliphatic heterocycles. The first-order valence-electron chi connectivity index (χ1n) is 6.47. The van der Waals surface area contributed by atoms with Crippen LogP contribution >= 0.6 is 0 Å². The van der Waals surface area contributed by atoms with Gasteiger partial charge in [-0.05, 0) is 50.7 Å². The standard InChI is InChI=1S/C12H20N2O.C2H6/c1-11(10-15)4-3-9-14(2)12-5-7-13-8-6-12;1-2/h3-4,9-10,12-13H,5-8H2,1-2H3;1-2H3/b9-3-,11-4-;. The van der Waals surface area contributed by atoms with Crippen molar-refractivity contribution in [3.05, 3.63) is 23.9 Å². The van der Waals surface area contributed by atoms with Gasteiger partial charge in [0.2, 0.25) is 0 Å². The van der Waals surface area contributed by atoms with Crippen molar-refractivity contribution in [1.82, 2.24) is 10.2 Å². The molecule has 0 aliphatic carbocycles. The highest BCUT2D eigenvalue weighted by Crippen LogP contribution is 2.09. The number of allylic oxidation sites excluding steroid dienone is 3. The maximum atomic E-state index is 10.4. The molecule has 98 valence electrons. The summed E-state index contributed by atoms with van der Waals surface area (Å²) in [6.07, 6.45) is 9.07. The van der Waals surface area contributed by atoms with Crippen LogP contribution in [0.4, 0.5) is 0 Å². The Hall–Kier alpha value is -1.09. The lowest BCUT2D eigenvalue weighted by molar-refractivity contribution is -0.104. The molecule has 0 amide bonds. The molecule has 1 fully saturated rings. The third-order valence-electron chi connectivity index (χ3n) is 2.75. The topological polar surface area (TPSA) is 32.3 Å². The maximum Gasteiger partial charge on any atom is 0.145 e. The van der Waals surface area contributed by atoms with Crippen LogP contribution in [0.15, 0.2) is 23.9 Å². The van der Waals surface area contributed by atoms with E-state index in [1.807, 2.05) is 39.1 Å². The van der Waals surface area contributed by atoms with E-state index in [0.717, 1.165) is 24.9 Å². The van der Waals surface area contributed by atoms with Crippen LogP contribution in [-0.2, 0) is 4.79 Å². The fraction of sp³-hybridized carbons (Fsp3) is 0.643. The van der Waals surface area contributed by atoms with E-state index in [-0.39, 0.29) is 0 Å². The van der Waals surface area contributed by atoms with Crippen LogP contribution in [0.2, 0.25) is 0 Å². The van der Waals surface area contributed by atoms with Crippen LogP contribution in [0.1, 0.15) is 33.6 Å². The third kappa shape index (κ3) is 6.95. The Morgan fingerprint density at radius 3 is 2.41 bits per heavy atom. The minimum atomic E-state index is 0.632. The third-order valence-corrected chi connectivity index (χ3v) is 2.75. The van der Waals surface area contributed by atoms with E-state index in [4.69, 9.17) is 0 Å².